The highest BCUT2D eigenvalue weighted by molar-refractivity contribution is 9.10. The molecule has 0 saturated heterocycles. The number of rotatable bonds is 5. The summed E-state index contributed by atoms with van der Waals surface area (Å²) >= 11 is 3.52. The molecule has 1 N–H and O–H groups in total. The molecule has 2 aromatic carbocycles. The maximum absolute atomic E-state index is 12.2. The third kappa shape index (κ3) is 4.30. The van der Waals surface area contributed by atoms with Crippen LogP contribution in [0.5, 0.6) is 17.2 Å². The van der Waals surface area contributed by atoms with Crippen LogP contribution in [0.4, 0.5) is 0 Å². The zero-order valence-electron chi connectivity index (χ0n) is 15.1. The molecule has 0 radical (unpaired) electrons. The van der Waals surface area contributed by atoms with Crippen molar-refractivity contribution in [1.29, 1.82) is 0 Å². The maximum Gasteiger partial charge on any atom is 0.258 e. The van der Waals surface area contributed by atoms with Crippen molar-refractivity contribution in [3.8, 4) is 17.2 Å². The average molecular weight is 420 g/mol. The summed E-state index contributed by atoms with van der Waals surface area (Å²) in [6.07, 6.45) is 0. The molecule has 1 aliphatic rings. The summed E-state index contributed by atoms with van der Waals surface area (Å²) in [7, 11) is 0. The Labute approximate surface area is 161 Å². The van der Waals surface area contributed by atoms with E-state index in [1.807, 2.05) is 51.1 Å². The van der Waals surface area contributed by atoms with Crippen LogP contribution in [0.25, 0.3) is 0 Å². The van der Waals surface area contributed by atoms with E-state index in [-0.39, 0.29) is 18.6 Å². The van der Waals surface area contributed by atoms with Gasteiger partial charge < -0.3 is 19.5 Å². The van der Waals surface area contributed by atoms with Crippen LogP contribution in [0.3, 0.4) is 0 Å². The van der Waals surface area contributed by atoms with E-state index < -0.39 is 0 Å². The standard InChI is InChI=1S/C20H22BrNO4/c1-12-8-16(9-13(2)20(12)21)26-11-19(23)22-14(3)15-4-5-17-18(10-15)25-7-6-24-17/h4-5,8-10,14H,6-7,11H2,1-3H3,(H,22,23)/t14-/m1/s1. The number of carbonyl (C=O) groups excluding carboxylic acids is 1. The van der Waals surface area contributed by atoms with Crippen LogP contribution < -0.4 is 19.5 Å². The lowest BCUT2D eigenvalue weighted by atomic mass is 10.1. The lowest BCUT2D eigenvalue weighted by Crippen LogP contribution is -2.31. The minimum absolute atomic E-state index is 0.0323. The van der Waals surface area contributed by atoms with Crippen LogP contribution in [-0.2, 0) is 4.79 Å². The highest BCUT2D eigenvalue weighted by Crippen LogP contribution is 2.32. The molecule has 1 heterocycles. The molecule has 1 aliphatic heterocycles. The molecule has 0 fully saturated rings. The Morgan fingerprint density at radius 1 is 1.15 bits per heavy atom. The molecule has 6 heteroatoms. The number of carbonyl (C=O) groups is 1. The molecule has 3 rings (SSSR count). The predicted octanol–water partition coefficient (Wildman–Crippen LogP) is 4.09. The van der Waals surface area contributed by atoms with E-state index in [4.69, 9.17) is 14.2 Å². The van der Waals surface area contributed by atoms with Crippen molar-refractivity contribution in [3.05, 3.63) is 51.5 Å². The van der Waals surface area contributed by atoms with Crippen LogP contribution in [0.2, 0.25) is 0 Å². The van der Waals surface area contributed by atoms with Crippen molar-refractivity contribution in [1.82, 2.24) is 5.32 Å². The molecule has 0 unspecified atom stereocenters. The molecule has 0 aromatic heterocycles. The number of hydrogen-bond acceptors (Lipinski definition) is 4. The fourth-order valence-corrected chi connectivity index (χ4v) is 3.06. The Hall–Kier alpha value is -2.21. The van der Waals surface area contributed by atoms with Gasteiger partial charge in [0.2, 0.25) is 0 Å². The number of amides is 1. The van der Waals surface area contributed by atoms with Crippen molar-refractivity contribution in [2.45, 2.75) is 26.8 Å². The third-order valence-electron chi connectivity index (χ3n) is 4.22. The van der Waals surface area contributed by atoms with E-state index in [2.05, 4.69) is 21.2 Å². The molecule has 0 saturated carbocycles. The van der Waals surface area contributed by atoms with E-state index in [0.717, 1.165) is 26.9 Å². The van der Waals surface area contributed by atoms with E-state index >= 15 is 0 Å². The van der Waals surface area contributed by atoms with Crippen LogP contribution in [0, 0.1) is 13.8 Å². The summed E-state index contributed by atoms with van der Waals surface area (Å²) in [5.41, 5.74) is 3.10. The minimum atomic E-state index is -0.175. The highest BCUT2D eigenvalue weighted by atomic mass is 79.9. The largest absolute Gasteiger partial charge is 0.486 e. The van der Waals surface area contributed by atoms with E-state index in [1.165, 1.54) is 0 Å². The van der Waals surface area contributed by atoms with Crippen LogP contribution in [0.15, 0.2) is 34.8 Å². The molecule has 1 atom stereocenters. The topological polar surface area (TPSA) is 56.8 Å². The zero-order valence-corrected chi connectivity index (χ0v) is 16.7. The Kier molecular flexibility index (Phi) is 5.71. The molecule has 2 aromatic rings. The number of nitrogens with one attached hydrogen (secondary N) is 1. The van der Waals surface area contributed by atoms with Gasteiger partial charge in [0.15, 0.2) is 18.1 Å². The quantitative estimate of drug-likeness (QED) is 0.792. The van der Waals surface area contributed by atoms with Gasteiger partial charge in [0.1, 0.15) is 19.0 Å². The van der Waals surface area contributed by atoms with Crippen molar-refractivity contribution >= 4 is 21.8 Å². The Balaban J connectivity index is 1.58. The van der Waals surface area contributed by atoms with Gasteiger partial charge in [-0.15, -0.1) is 0 Å². The van der Waals surface area contributed by atoms with Gasteiger partial charge in [0.25, 0.3) is 5.91 Å². The van der Waals surface area contributed by atoms with Gasteiger partial charge in [-0.25, -0.2) is 0 Å². The number of aryl methyl sites for hydroxylation is 2. The fourth-order valence-electron chi connectivity index (χ4n) is 2.83. The van der Waals surface area contributed by atoms with Crippen molar-refractivity contribution in [2.75, 3.05) is 19.8 Å². The van der Waals surface area contributed by atoms with E-state index in [1.54, 1.807) is 0 Å². The smallest absolute Gasteiger partial charge is 0.258 e. The number of ether oxygens (including phenoxy) is 3. The first-order valence-corrected chi connectivity index (χ1v) is 9.32. The van der Waals surface area contributed by atoms with Gasteiger partial charge in [0, 0.05) is 4.47 Å². The number of benzene rings is 2. The molecule has 0 aliphatic carbocycles. The van der Waals surface area contributed by atoms with Crippen LogP contribution in [-0.4, -0.2) is 25.7 Å². The number of hydrogen-bond donors (Lipinski definition) is 1. The maximum atomic E-state index is 12.2. The summed E-state index contributed by atoms with van der Waals surface area (Å²) in [6, 6.07) is 9.37. The molecule has 0 bridgehead atoms. The lowest BCUT2D eigenvalue weighted by molar-refractivity contribution is -0.123. The second-order valence-corrected chi connectivity index (χ2v) is 7.15. The van der Waals surface area contributed by atoms with Crippen LogP contribution in [0.1, 0.15) is 29.7 Å². The second kappa shape index (κ2) is 7.99. The summed E-state index contributed by atoms with van der Waals surface area (Å²) < 4.78 is 17.8. The van der Waals surface area contributed by atoms with E-state index in [9.17, 15) is 4.79 Å². The monoisotopic (exact) mass is 419 g/mol. The van der Waals surface area contributed by atoms with E-state index in [0.29, 0.717) is 24.7 Å². The van der Waals surface area contributed by atoms with Crippen molar-refractivity contribution in [2.24, 2.45) is 0 Å². The molecular formula is C20H22BrNO4. The van der Waals surface area contributed by atoms with Gasteiger partial charge in [0.05, 0.1) is 6.04 Å². The van der Waals surface area contributed by atoms with Gasteiger partial charge >= 0.3 is 0 Å². The van der Waals surface area contributed by atoms with Crippen molar-refractivity contribution < 1.29 is 19.0 Å². The molecule has 5 nitrogen and oxygen atoms in total. The summed E-state index contributed by atoms with van der Waals surface area (Å²) in [4.78, 5) is 12.2. The van der Waals surface area contributed by atoms with Gasteiger partial charge in [-0.1, -0.05) is 22.0 Å². The molecule has 26 heavy (non-hydrogen) atoms. The lowest BCUT2D eigenvalue weighted by Gasteiger charge is -2.21. The SMILES string of the molecule is Cc1cc(OCC(=O)N[C@H](C)c2ccc3c(c2)OCCO3)cc(C)c1Br. The van der Waals surface area contributed by atoms with Gasteiger partial charge in [-0.05, 0) is 61.7 Å². The van der Waals surface area contributed by atoms with Gasteiger partial charge in [-0.2, -0.15) is 0 Å². The first kappa shape index (κ1) is 18.6. The van der Waals surface area contributed by atoms with Gasteiger partial charge in [-0.3, -0.25) is 4.79 Å². The third-order valence-corrected chi connectivity index (χ3v) is 5.47. The molecular weight excluding hydrogens is 398 g/mol. The van der Waals surface area contributed by atoms with Crippen molar-refractivity contribution in [3.63, 3.8) is 0 Å². The normalized spacial score (nSPS) is 13.8. The first-order valence-electron chi connectivity index (χ1n) is 8.52. The summed E-state index contributed by atoms with van der Waals surface area (Å²) in [5.74, 6) is 1.96. The second-order valence-electron chi connectivity index (χ2n) is 6.35. The summed E-state index contributed by atoms with van der Waals surface area (Å²) in [6.45, 7) is 6.98. The molecule has 138 valence electrons. The molecule has 1 amide bonds. The predicted molar refractivity (Wildman–Crippen MR) is 103 cm³/mol. The first-order chi connectivity index (χ1) is 12.4. The Morgan fingerprint density at radius 3 is 2.50 bits per heavy atom. The number of fused-ring (bicyclic) bond motifs is 1. The molecule has 0 spiro atoms. The Morgan fingerprint density at radius 2 is 1.81 bits per heavy atom. The minimum Gasteiger partial charge on any atom is -0.486 e. The summed E-state index contributed by atoms with van der Waals surface area (Å²) in [5, 5.41) is 2.94. The Bertz CT molecular complexity index is 798. The zero-order chi connectivity index (χ0) is 18.7. The average Bonchev–Trinajstić information content (AvgIpc) is 2.63. The van der Waals surface area contributed by atoms with Crippen LogP contribution >= 0.6 is 15.9 Å². The highest BCUT2D eigenvalue weighted by Gasteiger charge is 2.16. The number of halogens is 1. The fraction of sp³-hybridized carbons (Fsp3) is 0.350.